The van der Waals surface area contributed by atoms with Crippen LogP contribution in [-0.4, -0.2) is 133 Å². The lowest BCUT2D eigenvalue weighted by Gasteiger charge is -2.43. The number of benzene rings is 4. The summed E-state index contributed by atoms with van der Waals surface area (Å²) in [7, 11) is 0. The van der Waals surface area contributed by atoms with Crippen LogP contribution in [0.4, 0.5) is 0 Å². The molecule has 1 aliphatic heterocycles. The van der Waals surface area contributed by atoms with E-state index >= 15 is 0 Å². The molecule has 4 aromatic carbocycles. The van der Waals surface area contributed by atoms with E-state index in [-0.39, 0.29) is 0 Å². The number of hydrogen-bond donors (Lipinski definition) is 14. The summed E-state index contributed by atoms with van der Waals surface area (Å²) in [6.45, 7) is -1.25. The summed E-state index contributed by atoms with van der Waals surface area (Å²) in [5, 5.41) is 140. The molecule has 5 unspecified atom stereocenters. The Balaban J connectivity index is 1.66. The van der Waals surface area contributed by atoms with Crippen molar-refractivity contribution < 1.29 is 114 Å². The van der Waals surface area contributed by atoms with Gasteiger partial charge in [0.2, 0.25) is 29.6 Å². The van der Waals surface area contributed by atoms with E-state index in [0.29, 0.717) is 30.3 Å². The van der Waals surface area contributed by atoms with Gasteiger partial charge in [-0.3, -0.25) is 0 Å². The maximum atomic E-state index is 13.6. The minimum absolute atomic E-state index is 0.371. The third kappa shape index (κ3) is 7.71. The van der Waals surface area contributed by atoms with Crippen LogP contribution in [0, 0.1) is 0 Å². The minimum Gasteiger partial charge on any atom is -0.504 e. The number of rotatable bonds is 9. The summed E-state index contributed by atoms with van der Waals surface area (Å²) in [5.41, 5.74) is -3.53. The maximum absolute atomic E-state index is 13.6. The highest BCUT2D eigenvalue weighted by molar-refractivity contribution is 5.96. The van der Waals surface area contributed by atoms with Crippen LogP contribution in [0.5, 0.6) is 74.7 Å². The monoisotopic (exact) mass is 804 g/mol. The molecule has 4 aromatic rings. The molecule has 0 bridgehead atoms. The van der Waals surface area contributed by atoms with Crippen LogP contribution in [0.25, 0.3) is 0 Å². The van der Waals surface area contributed by atoms with Crippen LogP contribution in [0.15, 0.2) is 42.5 Å². The van der Waals surface area contributed by atoms with Crippen molar-refractivity contribution in [3.8, 4) is 74.7 Å². The molecular formula is C34H28O23. The number of hydrogen-bond acceptors (Lipinski definition) is 23. The van der Waals surface area contributed by atoms with E-state index in [9.17, 15) is 90.7 Å². The van der Waals surface area contributed by atoms with E-state index in [1.165, 1.54) is 0 Å². The Morgan fingerprint density at radius 2 is 0.860 bits per heavy atom. The molecule has 1 aliphatic rings. The average Bonchev–Trinajstić information content (AvgIpc) is 3.16. The number of aliphatic hydroxyl groups excluding tert-OH is 1. The molecular weight excluding hydrogens is 776 g/mol. The Morgan fingerprint density at radius 3 is 1.37 bits per heavy atom. The van der Waals surface area contributed by atoms with Gasteiger partial charge in [-0.2, -0.15) is 0 Å². The average molecular weight is 805 g/mol. The van der Waals surface area contributed by atoms with Crippen molar-refractivity contribution in [1.82, 2.24) is 0 Å². The van der Waals surface area contributed by atoms with Gasteiger partial charge in [0.15, 0.2) is 69.7 Å². The van der Waals surface area contributed by atoms with Crippen molar-refractivity contribution in [3.63, 3.8) is 0 Å². The third-order valence-electron chi connectivity index (χ3n) is 8.13. The summed E-state index contributed by atoms with van der Waals surface area (Å²) in [4.78, 5) is 53.9. The number of esters is 4. The zero-order valence-electron chi connectivity index (χ0n) is 28.1. The van der Waals surface area contributed by atoms with Gasteiger partial charge in [-0.25, -0.2) is 19.2 Å². The number of ether oxygens (including phenoxy) is 5. The van der Waals surface area contributed by atoms with Gasteiger partial charge in [0.1, 0.15) is 17.2 Å². The molecule has 5 rings (SSSR count). The Labute approximate surface area is 315 Å². The highest BCUT2D eigenvalue weighted by atomic mass is 16.7. The summed E-state index contributed by atoms with van der Waals surface area (Å²) < 4.78 is 27.0. The van der Waals surface area contributed by atoms with Crippen molar-refractivity contribution >= 4 is 23.9 Å². The third-order valence-corrected chi connectivity index (χ3v) is 8.13. The van der Waals surface area contributed by atoms with Crippen molar-refractivity contribution in [1.29, 1.82) is 0 Å². The summed E-state index contributed by atoms with van der Waals surface area (Å²) in [6.07, 6.45) is -11.7. The number of aliphatic hydroxyl groups is 1. The fraction of sp³-hybridized carbons (Fsp3) is 0.176. The largest absolute Gasteiger partial charge is 0.504 e. The maximum Gasteiger partial charge on any atom is 0.344 e. The lowest BCUT2D eigenvalue weighted by Crippen LogP contribution is -2.63. The first kappa shape index (κ1) is 40.3. The molecule has 14 N–H and O–H groups in total. The lowest BCUT2D eigenvalue weighted by atomic mass is 9.97. The minimum atomic E-state index is -2.52. The highest BCUT2D eigenvalue weighted by Crippen LogP contribution is 2.45. The van der Waals surface area contributed by atoms with Crippen LogP contribution < -0.4 is 0 Å². The summed E-state index contributed by atoms with van der Waals surface area (Å²) in [6, 6.07) is 4.13. The van der Waals surface area contributed by atoms with E-state index in [1.807, 2.05) is 0 Å². The molecule has 0 aromatic heterocycles. The zero-order valence-corrected chi connectivity index (χ0v) is 28.1. The van der Waals surface area contributed by atoms with Crippen molar-refractivity contribution in [2.75, 3.05) is 6.61 Å². The molecule has 1 heterocycles. The summed E-state index contributed by atoms with van der Waals surface area (Å²) in [5.74, 6) is -21.8. The zero-order chi connectivity index (χ0) is 42.2. The quantitative estimate of drug-likeness (QED) is 0.0471. The SMILES string of the molecule is O=C(OC1C(CO)OC(OC(=O)c2ccc(O)c(O)c2O)C(OC(=O)c2cc(O)c(O)c(O)c2O)C1OC(=O)c1cc(O)c(O)c(O)c1)c1cc(O)c(O)c(O)c1. The van der Waals surface area contributed by atoms with Gasteiger partial charge < -0.3 is 95.2 Å². The topological polar surface area (TPSA) is 398 Å². The van der Waals surface area contributed by atoms with E-state index in [4.69, 9.17) is 23.7 Å². The molecule has 0 radical (unpaired) electrons. The van der Waals surface area contributed by atoms with Crippen molar-refractivity contribution in [3.05, 3.63) is 64.7 Å². The lowest BCUT2D eigenvalue weighted by molar-refractivity contribution is -0.283. The van der Waals surface area contributed by atoms with Crippen LogP contribution in [0.1, 0.15) is 41.4 Å². The smallest absolute Gasteiger partial charge is 0.344 e. The Morgan fingerprint density at radius 1 is 0.439 bits per heavy atom. The van der Waals surface area contributed by atoms with Gasteiger partial charge in [-0.15, -0.1) is 0 Å². The second kappa shape index (κ2) is 15.4. The van der Waals surface area contributed by atoms with Gasteiger partial charge in [0, 0.05) is 6.07 Å². The number of phenols is 13. The molecule has 1 saturated heterocycles. The Kier molecular flexibility index (Phi) is 10.9. The van der Waals surface area contributed by atoms with Crippen molar-refractivity contribution in [2.24, 2.45) is 0 Å². The van der Waals surface area contributed by atoms with Crippen LogP contribution in [0.2, 0.25) is 0 Å². The van der Waals surface area contributed by atoms with Gasteiger partial charge in [-0.05, 0) is 36.4 Å². The molecule has 57 heavy (non-hydrogen) atoms. The second-order valence-electron chi connectivity index (χ2n) is 11.8. The van der Waals surface area contributed by atoms with Crippen molar-refractivity contribution in [2.45, 2.75) is 30.7 Å². The molecule has 1 fully saturated rings. The van der Waals surface area contributed by atoms with E-state index in [2.05, 4.69) is 0 Å². The standard InChI is InChI=1S/C34H28O23/c35-8-19-27(54-30(49)9-3-14(37)22(44)15(38)4-9)28(55-31(50)10-5-16(39)23(45)17(40)6-10)29(56-33(52)12-7-18(41)25(47)26(48)21(12)43)34(53-19)57-32(51)11-1-2-13(36)24(46)20(11)42/h1-7,19,27-29,34-48H,8H2. The predicted molar refractivity (Wildman–Crippen MR) is 176 cm³/mol. The number of carbonyl (C=O) groups excluding carboxylic acids is 4. The first-order valence-corrected chi connectivity index (χ1v) is 15.6. The van der Waals surface area contributed by atoms with Crippen LogP contribution in [-0.2, 0) is 23.7 Å². The van der Waals surface area contributed by atoms with Crippen LogP contribution in [0.3, 0.4) is 0 Å². The molecule has 0 amide bonds. The fourth-order valence-electron chi connectivity index (χ4n) is 5.23. The fourth-order valence-corrected chi connectivity index (χ4v) is 5.23. The number of carbonyl (C=O) groups is 4. The molecule has 0 aliphatic carbocycles. The number of aromatic hydroxyl groups is 13. The first-order chi connectivity index (χ1) is 26.7. The van der Waals surface area contributed by atoms with Gasteiger partial charge in [0.25, 0.3) is 0 Å². The molecule has 0 saturated carbocycles. The highest BCUT2D eigenvalue weighted by Gasteiger charge is 2.54. The van der Waals surface area contributed by atoms with E-state index in [0.717, 1.165) is 12.1 Å². The Hall–Kier alpha value is -7.92. The van der Waals surface area contributed by atoms with Crippen LogP contribution >= 0.6 is 0 Å². The van der Waals surface area contributed by atoms with E-state index < -0.39 is 158 Å². The normalized spacial score (nSPS) is 18.9. The van der Waals surface area contributed by atoms with Gasteiger partial charge in [-0.1, -0.05) is 0 Å². The predicted octanol–water partition coefficient (Wildman–Crippen LogP) is 0.410. The first-order valence-electron chi connectivity index (χ1n) is 15.6. The van der Waals surface area contributed by atoms with E-state index in [1.54, 1.807) is 0 Å². The second-order valence-corrected chi connectivity index (χ2v) is 11.8. The molecule has 302 valence electrons. The molecule has 5 atom stereocenters. The summed E-state index contributed by atoms with van der Waals surface area (Å²) >= 11 is 0. The van der Waals surface area contributed by atoms with Gasteiger partial charge in [0.05, 0.1) is 17.7 Å². The van der Waals surface area contributed by atoms with Gasteiger partial charge >= 0.3 is 23.9 Å². The Bertz CT molecular complexity index is 2240. The molecule has 23 nitrogen and oxygen atoms in total. The number of phenolic OH excluding ortho intramolecular Hbond substituents is 13. The molecule has 23 heteroatoms. The molecule has 0 spiro atoms.